The highest BCUT2D eigenvalue weighted by atomic mass is 16.1. The van der Waals surface area contributed by atoms with E-state index in [4.69, 9.17) is 0 Å². The molecule has 0 bridgehead atoms. The normalized spacial score (nSPS) is 21.3. The van der Waals surface area contributed by atoms with Crippen LogP contribution in [-0.2, 0) is 18.3 Å². The van der Waals surface area contributed by atoms with Crippen LogP contribution in [0.15, 0.2) is 12.4 Å². The molecule has 4 nitrogen and oxygen atoms in total. The molecule has 106 valence electrons. The van der Waals surface area contributed by atoms with Gasteiger partial charge in [-0.05, 0) is 38.3 Å². The lowest BCUT2D eigenvalue weighted by Gasteiger charge is -2.29. The molecule has 0 saturated carbocycles. The lowest BCUT2D eigenvalue weighted by Crippen LogP contribution is -2.37. The third-order valence-electron chi connectivity index (χ3n) is 3.97. The van der Waals surface area contributed by atoms with Crippen molar-refractivity contribution in [3.05, 3.63) is 18.0 Å². The maximum absolute atomic E-state index is 11.4. The molecule has 0 radical (unpaired) electrons. The molecule has 1 saturated heterocycles. The Kier molecular flexibility index (Phi) is 5.14. The Morgan fingerprint density at radius 1 is 1.42 bits per heavy atom. The van der Waals surface area contributed by atoms with Crippen LogP contribution in [0.25, 0.3) is 0 Å². The van der Waals surface area contributed by atoms with Crippen molar-refractivity contribution in [3.63, 3.8) is 0 Å². The topological polar surface area (TPSA) is 38.1 Å². The van der Waals surface area contributed by atoms with Crippen molar-refractivity contribution in [2.45, 2.75) is 51.5 Å². The molecule has 1 aromatic heterocycles. The van der Waals surface area contributed by atoms with E-state index < -0.39 is 0 Å². The molecule has 2 heterocycles. The van der Waals surface area contributed by atoms with Crippen molar-refractivity contribution < 1.29 is 4.79 Å². The maximum Gasteiger partial charge on any atom is 0.131 e. The molecule has 0 amide bonds. The van der Waals surface area contributed by atoms with E-state index in [9.17, 15) is 4.79 Å². The van der Waals surface area contributed by atoms with Crippen LogP contribution in [0.3, 0.4) is 0 Å². The summed E-state index contributed by atoms with van der Waals surface area (Å²) in [5.41, 5.74) is 1.29. The van der Waals surface area contributed by atoms with E-state index in [1.54, 1.807) is 6.92 Å². The fourth-order valence-electron chi connectivity index (χ4n) is 2.97. The number of aryl methyl sites for hydroxylation is 1. The number of hydrogen-bond donors (Lipinski definition) is 0. The second-order valence-electron chi connectivity index (χ2n) is 5.72. The molecule has 1 aliphatic rings. The third kappa shape index (κ3) is 4.46. The highest BCUT2D eigenvalue weighted by Gasteiger charge is 2.21. The lowest BCUT2D eigenvalue weighted by atomic mass is 10.0. The van der Waals surface area contributed by atoms with Gasteiger partial charge in [0.1, 0.15) is 5.78 Å². The van der Waals surface area contributed by atoms with Crippen LogP contribution in [0, 0.1) is 0 Å². The van der Waals surface area contributed by atoms with Gasteiger partial charge in [0.25, 0.3) is 0 Å². The molecular formula is C15H25N3O. The molecule has 1 fully saturated rings. The van der Waals surface area contributed by atoms with Gasteiger partial charge in [0, 0.05) is 32.3 Å². The van der Waals surface area contributed by atoms with Crippen LogP contribution >= 0.6 is 0 Å². The van der Waals surface area contributed by atoms with Gasteiger partial charge in [0.05, 0.1) is 6.20 Å². The summed E-state index contributed by atoms with van der Waals surface area (Å²) in [5.74, 6) is 0.318. The van der Waals surface area contributed by atoms with Gasteiger partial charge in [-0.3, -0.25) is 14.4 Å². The highest BCUT2D eigenvalue weighted by Crippen LogP contribution is 2.20. The molecule has 0 aromatic carbocycles. The lowest BCUT2D eigenvalue weighted by molar-refractivity contribution is -0.118. The highest BCUT2D eigenvalue weighted by molar-refractivity contribution is 5.76. The number of hydrogen-bond acceptors (Lipinski definition) is 3. The largest absolute Gasteiger partial charge is 0.300 e. The molecule has 1 aromatic rings. The average molecular weight is 263 g/mol. The van der Waals surface area contributed by atoms with Gasteiger partial charge in [0.2, 0.25) is 0 Å². The molecule has 1 unspecified atom stereocenters. The second kappa shape index (κ2) is 6.85. The van der Waals surface area contributed by atoms with Crippen molar-refractivity contribution in [1.82, 2.24) is 14.7 Å². The van der Waals surface area contributed by atoms with E-state index in [1.165, 1.54) is 31.2 Å². The number of aromatic nitrogens is 2. The summed E-state index contributed by atoms with van der Waals surface area (Å²) >= 11 is 0. The number of Topliss-reactive ketones (excluding diaryl/α,β-unsaturated/α-hetero) is 1. The zero-order valence-electron chi connectivity index (χ0n) is 12.1. The Labute approximate surface area is 115 Å². The molecule has 0 aliphatic carbocycles. The first-order chi connectivity index (χ1) is 9.15. The minimum atomic E-state index is 0.318. The average Bonchev–Trinajstić information content (AvgIpc) is 2.64. The monoisotopic (exact) mass is 263 g/mol. The summed E-state index contributed by atoms with van der Waals surface area (Å²) in [5, 5.41) is 4.21. The number of carbonyl (C=O) groups is 1. The van der Waals surface area contributed by atoms with Crippen molar-refractivity contribution in [1.29, 1.82) is 0 Å². The zero-order valence-corrected chi connectivity index (χ0v) is 12.1. The summed E-state index contributed by atoms with van der Waals surface area (Å²) in [7, 11) is 1.95. The molecule has 1 atom stereocenters. The Hall–Kier alpha value is -1.16. The van der Waals surface area contributed by atoms with Crippen LogP contribution in [-0.4, -0.2) is 39.6 Å². The molecule has 2 rings (SSSR count). The number of rotatable bonds is 5. The maximum atomic E-state index is 11.4. The second-order valence-corrected chi connectivity index (χ2v) is 5.72. The van der Waals surface area contributed by atoms with Gasteiger partial charge in [0.15, 0.2) is 0 Å². The smallest absolute Gasteiger partial charge is 0.131 e. The van der Waals surface area contributed by atoms with Crippen LogP contribution < -0.4 is 0 Å². The SMILES string of the molecule is CC(=O)CC1CCCCCN1CCc1cnn(C)c1. The Bertz CT molecular complexity index is 413. The first-order valence-corrected chi connectivity index (χ1v) is 7.36. The quantitative estimate of drug-likeness (QED) is 0.817. The molecule has 19 heavy (non-hydrogen) atoms. The van der Waals surface area contributed by atoms with E-state index >= 15 is 0 Å². The minimum absolute atomic E-state index is 0.318. The fraction of sp³-hybridized carbons (Fsp3) is 0.733. The number of ketones is 1. The van der Waals surface area contributed by atoms with E-state index in [1.807, 2.05) is 17.9 Å². The third-order valence-corrected chi connectivity index (χ3v) is 3.97. The first kappa shape index (κ1) is 14.3. The predicted octanol–water partition coefficient (Wildman–Crippen LogP) is 2.19. The van der Waals surface area contributed by atoms with Crippen LogP contribution in [0.2, 0.25) is 0 Å². The Morgan fingerprint density at radius 3 is 2.95 bits per heavy atom. The Morgan fingerprint density at radius 2 is 2.26 bits per heavy atom. The van der Waals surface area contributed by atoms with Crippen molar-refractivity contribution in [3.8, 4) is 0 Å². The first-order valence-electron chi connectivity index (χ1n) is 7.36. The zero-order chi connectivity index (χ0) is 13.7. The van der Waals surface area contributed by atoms with Crippen molar-refractivity contribution in [2.75, 3.05) is 13.1 Å². The molecule has 0 spiro atoms. The van der Waals surface area contributed by atoms with Gasteiger partial charge in [-0.25, -0.2) is 0 Å². The van der Waals surface area contributed by atoms with Crippen LogP contribution in [0.5, 0.6) is 0 Å². The van der Waals surface area contributed by atoms with Crippen molar-refractivity contribution in [2.24, 2.45) is 7.05 Å². The molecular weight excluding hydrogens is 238 g/mol. The van der Waals surface area contributed by atoms with Gasteiger partial charge < -0.3 is 0 Å². The van der Waals surface area contributed by atoms with Gasteiger partial charge in [-0.1, -0.05) is 12.8 Å². The standard InChI is InChI=1S/C15H25N3O/c1-13(19)10-15-6-4-3-5-8-18(15)9-7-14-11-16-17(2)12-14/h11-12,15H,3-10H2,1-2H3. The van der Waals surface area contributed by atoms with Crippen LogP contribution in [0.1, 0.15) is 44.6 Å². The van der Waals surface area contributed by atoms with E-state index in [0.29, 0.717) is 18.2 Å². The number of nitrogens with zero attached hydrogens (tertiary/aromatic N) is 3. The Balaban J connectivity index is 1.91. The molecule has 4 heteroatoms. The van der Waals surface area contributed by atoms with E-state index in [2.05, 4.69) is 16.2 Å². The predicted molar refractivity (Wildman–Crippen MR) is 76.0 cm³/mol. The molecule has 1 aliphatic heterocycles. The summed E-state index contributed by atoms with van der Waals surface area (Å²) in [6.07, 6.45) is 10.8. The summed E-state index contributed by atoms with van der Waals surface area (Å²) < 4.78 is 1.85. The molecule has 0 N–H and O–H groups in total. The summed E-state index contributed by atoms with van der Waals surface area (Å²) in [6.45, 7) is 3.89. The van der Waals surface area contributed by atoms with Crippen molar-refractivity contribution >= 4 is 5.78 Å². The number of carbonyl (C=O) groups excluding carboxylic acids is 1. The van der Waals surface area contributed by atoms with Gasteiger partial charge in [-0.15, -0.1) is 0 Å². The van der Waals surface area contributed by atoms with Gasteiger partial charge in [-0.2, -0.15) is 5.10 Å². The fourth-order valence-corrected chi connectivity index (χ4v) is 2.97. The van der Waals surface area contributed by atoms with E-state index in [-0.39, 0.29) is 0 Å². The van der Waals surface area contributed by atoms with Crippen LogP contribution in [0.4, 0.5) is 0 Å². The summed E-state index contributed by atoms with van der Waals surface area (Å²) in [4.78, 5) is 13.9. The van der Waals surface area contributed by atoms with Gasteiger partial charge >= 0.3 is 0 Å². The van der Waals surface area contributed by atoms with E-state index in [0.717, 1.165) is 19.5 Å². The number of likely N-dealkylation sites (tertiary alicyclic amines) is 1. The summed E-state index contributed by atoms with van der Waals surface area (Å²) in [6, 6.07) is 0.455. The minimum Gasteiger partial charge on any atom is -0.300 e.